The first kappa shape index (κ1) is 15.7. The Morgan fingerprint density at radius 2 is 1.14 bits per heavy atom. The first-order valence-electron chi connectivity index (χ1n) is 1.85. The van der Waals surface area contributed by atoms with Crippen molar-refractivity contribution < 1.29 is 17.0 Å². The summed E-state index contributed by atoms with van der Waals surface area (Å²) in [6, 6.07) is 0. The second-order valence-electron chi connectivity index (χ2n) is 2.56. The maximum atomic E-state index is 3.77. The molecular formula is C5H11BrMg. The summed E-state index contributed by atoms with van der Waals surface area (Å²) >= 11 is 0. The smallest absolute Gasteiger partial charge is 1.00 e. The van der Waals surface area contributed by atoms with Gasteiger partial charge in [0.1, 0.15) is 0 Å². The molecule has 0 radical (unpaired) electrons. The van der Waals surface area contributed by atoms with Gasteiger partial charge in [-0.15, -0.1) is 0 Å². The van der Waals surface area contributed by atoms with Crippen LogP contribution in [0, 0.1) is 12.3 Å². The van der Waals surface area contributed by atoms with E-state index in [1.165, 1.54) is 0 Å². The van der Waals surface area contributed by atoms with E-state index in [1.54, 1.807) is 0 Å². The maximum absolute atomic E-state index is 3.77. The van der Waals surface area contributed by atoms with Crippen LogP contribution in [0.2, 0.25) is 0 Å². The summed E-state index contributed by atoms with van der Waals surface area (Å²) in [7, 11) is 0. The molecule has 0 saturated carbocycles. The predicted molar refractivity (Wildman–Crippen MR) is 30.6 cm³/mol. The van der Waals surface area contributed by atoms with Crippen LogP contribution in [0.25, 0.3) is 0 Å². The molecule has 0 aromatic heterocycles. The van der Waals surface area contributed by atoms with Crippen LogP contribution in [0.1, 0.15) is 20.8 Å². The number of hydrogen-bond acceptors (Lipinski definition) is 0. The fourth-order valence-corrected chi connectivity index (χ4v) is 0. The van der Waals surface area contributed by atoms with Gasteiger partial charge in [-0.05, 0) is 0 Å². The van der Waals surface area contributed by atoms with Crippen LogP contribution in [0.15, 0.2) is 0 Å². The minimum Gasteiger partial charge on any atom is -1.00 e. The van der Waals surface area contributed by atoms with Crippen molar-refractivity contribution in [3.05, 3.63) is 6.92 Å². The van der Waals surface area contributed by atoms with Gasteiger partial charge >= 0.3 is 23.1 Å². The summed E-state index contributed by atoms with van der Waals surface area (Å²) in [4.78, 5) is 0. The van der Waals surface area contributed by atoms with Crippen molar-refractivity contribution in [3.63, 3.8) is 0 Å². The van der Waals surface area contributed by atoms with Crippen molar-refractivity contribution in [1.82, 2.24) is 0 Å². The molecule has 0 N–H and O–H groups in total. The van der Waals surface area contributed by atoms with Crippen LogP contribution in [0.4, 0.5) is 0 Å². The van der Waals surface area contributed by atoms with E-state index in [0.717, 1.165) is 0 Å². The largest absolute Gasteiger partial charge is 2.00 e. The average Bonchev–Trinajstić information content (AvgIpc) is 0.722. The topological polar surface area (TPSA) is 0 Å². The molecule has 0 amide bonds. The first-order chi connectivity index (χ1) is 2.00. The molecule has 0 aromatic rings. The van der Waals surface area contributed by atoms with E-state index in [9.17, 15) is 0 Å². The summed E-state index contributed by atoms with van der Waals surface area (Å²) in [6.45, 7) is 10.0. The normalized spacial score (nSPS) is 8.57. The summed E-state index contributed by atoms with van der Waals surface area (Å²) in [5, 5.41) is 0. The first-order valence-corrected chi connectivity index (χ1v) is 1.85. The Labute approximate surface area is 73.0 Å². The maximum Gasteiger partial charge on any atom is 2.00 e. The summed E-state index contributed by atoms with van der Waals surface area (Å²) in [5.74, 6) is 0. The summed E-state index contributed by atoms with van der Waals surface area (Å²) in [5.41, 5.74) is 0.250. The van der Waals surface area contributed by atoms with Gasteiger partial charge < -0.3 is 23.9 Å². The Bertz CT molecular complexity index is 23.6. The molecule has 0 atom stereocenters. The second kappa shape index (κ2) is 5.38. The molecule has 0 fully saturated rings. The van der Waals surface area contributed by atoms with E-state index < -0.39 is 0 Å². The predicted octanol–water partition coefficient (Wildman–Crippen LogP) is -1.51. The van der Waals surface area contributed by atoms with E-state index in [2.05, 4.69) is 27.7 Å². The van der Waals surface area contributed by atoms with Gasteiger partial charge in [0.2, 0.25) is 0 Å². The zero-order valence-corrected chi connectivity index (χ0v) is 8.29. The van der Waals surface area contributed by atoms with Gasteiger partial charge in [-0.2, -0.15) is 5.41 Å². The number of halogens is 1. The van der Waals surface area contributed by atoms with Crippen molar-refractivity contribution in [2.45, 2.75) is 20.8 Å². The summed E-state index contributed by atoms with van der Waals surface area (Å²) < 4.78 is 0. The van der Waals surface area contributed by atoms with Gasteiger partial charge in [0.05, 0.1) is 0 Å². The molecule has 0 aliphatic carbocycles. The fourth-order valence-electron chi connectivity index (χ4n) is 0. The zero-order valence-electron chi connectivity index (χ0n) is 5.29. The third-order valence-corrected chi connectivity index (χ3v) is 0. The molecule has 0 aromatic carbocycles. The number of hydrogen-bond donors (Lipinski definition) is 0. The van der Waals surface area contributed by atoms with Gasteiger partial charge in [0, 0.05) is 0 Å². The molecule has 0 aliphatic heterocycles. The van der Waals surface area contributed by atoms with Crippen LogP contribution < -0.4 is 17.0 Å². The standard InChI is InChI=1S/C5H11.BrH.Mg/c1-5(2,3)4;;/h1H2,2-4H3;1H;/q-1;;+2/p-1. The molecule has 0 heterocycles. The van der Waals surface area contributed by atoms with E-state index in [0.29, 0.717) is 0 Å². The Morgan fingerprint density at radius 3 is 1.14 bits per heavy atom. The molecule has 2 heteroatoms. The van der Waals surface area contributed by atoms with Crippen molar-refractivity contribution in [2.24, 2.45) is 5.41 Å². The van der Waals surface area contributed by atoms with Crippen molar-refractivity contribution in [2.75, 3.05) is 0 Å². The SMILES string of the molecule is [Br-].[CH2-]C(C)(C)C.[Mg+2]. The molecular weight excluding hydrogens is 164 g/mol. The van der Waals surface area contributed by atoms with Crippen molar-refractivity contribution >= 4 is 23.1 Å². The molecule has 0 bridgehead atoms. The average molecular weight is 175 g/mol. The van der Waals surface area contributed by atoms with Crippen molar-refractivity contribution in [1.29, 1.82) is 0 Å². The molecule has 0 unspecified atom stereocenters. The molecule has 40 valence electrons. The molecule has 0 spiro atoms. The fraction of sp³-hybridized carbons (Fsp3) is 0.800. The molecule has 0 aliphatic rings. The van der Waals surface area contributed by atoms with E-state index in [4.69, 9.17) is 0 Å². The zero-order chi connectivity index (χ0) is 4.50. The number of rotatable bonds is 0. The van der Waals surface area contributed by atoms with Crippen LogP contribution in [0.5, 0.6) is 0 Å². The van der Waals surface area contributed by atoms with Gasteiger partial charge in [0.25, 0.3) is 0 Å². The molecule has 7 heavy (non-hydrogen) atoms. The van der Waals surface area contributed by atoms with Crippen LogP contribution in [-0.2, 0) is 0 Å². The minimum absolute atomic E-state index is 0. The molecule has 0 nitrogen and oxygen atoms in total. The van der Waals surface area contributed by atoms with E-state index >= 15 is 0 Å². The van der Waals surface area contributed by atoms with Crippen LogP contribution in [0.3, 0.4) is 0 Å². The monoisotopic (exact) mass is 174 g/mol. The van der Waals surface area contributed by atoms with E-state index in [1.807, 2.05) is 0 Å². The van der Waals surface area contributed by atoms with E-state index in [-0.39, 0.29) is 45.4 Å². The summed E-state index contributed by atoms with van der Waals surface area (Å²) in [6.07, 6.45) is 0. The third kappa shape index (κ3) is 128. The third-order valence-electron chi connectivity index (χ3n) is 0. The Balaban J connectivity index is -0.0000000800. The molecule has 0 saturated heterocycles. The Hall–Kier alpha value is 1.25. The quantitative estimate of drug-likeness (QED) is 0.310. The molecule has 0 rings (SSSR count). The minimum atomic E-state index is 0. The second-order valence-corrected chi connectivity index (χ2v) is 2.56. The Kier molecular flexibility index (Phi) is 12.1. The van der Waals surface area contributed by atoms with Gasteiger partial charge in [-0.1, -0.05) is 20.8 Å². The van der Waals surface area contributed by atoms with Gasteiger partial charge in [0.15, 0.2) is 0 Å². The van der Waals surface area contributed by atoms with Gasteiger partial charge in [-0.25, -0.2) is 0 Å². The Morgan fingerprint density at radius 1 is 1.14 bits per heavy atom. The van der Waals surface area contributed by atoms with Crippen molar-refractivity contribution in [3.8, 4) is 0 Å². The van der Waals surface area contributed by atoms with Crippen LogP contribution >= 0.6 is 0 Å². The van der Waals surface area contributed by atoms with Crippen LogP contribution in [-0.4, -0.2) is 23.1 Å². The van der Waals surface area contributed by atoms with Gasteiger partial charge in [-0.3, -0.25) is 0 Å².